The minimum absolute atomic E-state index is 0.0909. The van der Waals surface area contributed by atoms with E-state index < -0.39 is 11.4 Å². The Balaban J connectivity index is 2.43. The van der Waals surface area contributed by atoms with Crippen LogP contribution in [0.15, 0.2) is 17.5 Å². The predicted molar refractivity (Wildman–Crippen MR) is 80.2 cm³/mol. The van der Waals surface area contributed by atoms with Crippen LogP contribution in [0, 0.1) is 5.41 Å². The molecule has 0 aromatic carbocycles. The van der Waals surface area contributed by atoms with Crippen LogP contribution in [-0.2, 0) is 10.2 Å². The van der Waals surface area contributed by atoms with Crippen molar-refractivity contribution in [3.63, 3.8) is 0 Å². The Kier molecular flexibility index (Phi) is 5.16. The number of hydrogen-bond acceptors (Lipinski definition) is 3. The number of nitrogens with one attached hydrogen (secondary N) is 2. The second-order valence-electron chi connectivity index (χ2n) is 6.09. The maximum Gasteiger partial charge on any atom is 0.314 e. The number of amides is 2. The molecule has 0 aliphatic heterocycles. The van der Waals surface area contributed by atoms with Crippen molar-refractivity contribution in [3.8, 4) is 0 Å². The molecule has 0 aliphatic carbocycles. The molecule has 6 heteroatoms. The van der Waals surface area contributed by atoms with Gasteiger partial charge in [0.25, 0.3) is 0 Å². The molecule has 0 atom stereocenters. The maximum absolute atomic E-state index is 11.7. The molecule has 2 amide bonds. The minimum Gasteiger partial charge on any atom is -0.481 e. The van der Waals surface area contributed by atoms with Crippen LogP contribution in [0.2, 0.25) is 0 Å². The lowest BCUT2D eigenvalue weighted by atomic mass is 9.91. The average Bonchev–Trinajstić information content (AvgIpc) is 2.88. The van der Waals surface area contributed by atoms with Gasteiger partial charge in [-0.1, -0.05) is 19.9 Å². The molecule has 0 spiro atoms. The number of urea groups is 1. The second-order valence-corrected chi connectivity index (χ2v) is 7.03. The number of carboxylic acid groups (broad SMARTS) is 1. The van der Waals surface area contributed by atoms with Crippen molar-refractivity contribution in [1.29, 1.82) is 0 Å². The molecule has 20 heavy (non-hydrogen) atoms. The predicted octanol–water partition coefficient (Wildman–Crippen LogP) is 2.44. The highest BCUT2D eigenvalue weighted by atomic mass is 32.1. The van der Waals surface area contributed by atoms with E-state index in [-0.39, 0.29) is 18.0 Å². The van der Waals surface area contributed by atoms with Crippen molar-refractivity contribution < 1.29 is 14.7 Å². The normalized spacial score (nSPS) is 12.0. The van der Waals surface area contributed by atoms with Gasteiger partial charge in [-0.3, -0.25) is 4.79 Å². The van der Waals surface area contributed by atoms with Gasteiger partial charge in [0.05, 0.1) is 5.41 Å². The van der Waals surface area contributed by atoms with Crippen LogP contribution in [0.4, 0.5) is 4.79 Å². The van der Waals surface area contributed by atoms with Crippen molar-refractivity contribution in [2.24, 2.45) is 5.41 Å². The molecule has 1 aromatic rings. The zero-order valence-electron chi connectivity index (χ0n) is 12.3. The molecule has 112 valence electrons. The molecule has 0 saturated heterocycles. The standard InChI is InChI=1S/C14H22N2O3S/c1-13(2,10-6-5-7-20-10)8-15-12(19)16-9-14(3,4)11(17)18/h5-7H,8-9H2,1-4H3,(H,17,18)(H2,15,16,19). The third kappa shape index (κ3) is 4.52. The molecule has 5 nitrogen and oxygen atoms in total. The number of carbonyl (C=O) groups is 2. The van der Waals surface area contributed by atoms with Crippen LogP contribution in [0.25, 0.3) is 0 Å². The number of rotatable bonds is 6. The monoisotopic (exact) mass is 298 g/mol. The summed E-state index contributed by atoms with van der Waals surface area (Å²) in [4.78, 5) is 23.9. The van der Waals surface area contributed by atoms with Gasteiger partial charge in [0.2, 0.25) is 0 Å². The van der Waals surface area contributed by atoms with E-state index in [0.29, 0.717) is 6.54 Å². The summed E-state index contributed by atoms with van der Waals surface area (Å²) in [5.74, 6) is -0.934. The van der Waals surface area contributed by atoms with Crippen molar-refractivity contribution in [1.82, 2.24) is 10.6 Å². The van der Waals surface area contributed by atoms with Crippen molar-refractivity contribution >= 4 is 23.3 Å². The maximum atomic E-state index is 11.7. The molecular weight excluding hydrogens is 276 g/mol. The Morgan fingerprint density at radius 3 is 2.30 bits per heavy atom. The first-order chi connectivity index (χ1) is 9.15. The molecule has 0 radical (unpaired) electrons. The van der Waals surface area contributed by atoms with Crippen molar-refractivity contribution in [2.75, 3.05) is 13.1 Å². The summed E-state index contributed by atoms with van der Waals surface area (Å²) in [5.41, 5.74) is -1.12. The van der Waals surface area contributed by atoms with E-state index in [0.717, 1.165) is 0 Å². The van der Waals surface area contributed by atoms with Gasteiger partial charge in [-0.05, 0) is 25.3 Å². The van der Waals surface area contributed by atoms with Gasteiger partial charge in [0.1, 0.15) is 0 Å². The van der Waals surface area contributed by atoms with Gasteiger partial charge in [0.15, 0.2) is 0 Å². The van der Waals surface area contributed by atoms with E-state index in [1.807, 2.05) is 17.5 Å². The Morgan fingerprint density at radius 2 is 1.80 bits per heavy atom. The van der Waals surface area contributed by atoms with E-state index >= 15 is 0 Å². The van der Waals surface area contributed by atoms with Gasteiger partial charge < -0.3 is 15.7 Å². The van der Waals surface area contributed by atoms with Gasteiger partial charge in [-0.2, -0.15) is 0 Å². The van der Waals surface area contributed by atoms with Gasteiger partial charge >= 0.3 is 12.0 Å². The lowest BCUT2D eigenvalue weighted by molar-refractivity contribution is -0.146. The van der Waals surface area contributed by atoms with Crippen molar-refractivity contribution in [2.45, 2.75) is 33.1 Å². The van der Waals surface area contributed by atoms with Crippen LogP contribution in [0.5, 0.6) is 0 Å². The summed E-state index contributed by atoms with van der Waals surface area (Å²) in [6.45, 7) is 7.84. The molecule has 0 fully saturated rings. The fraction of sp³-hybridized carbons (Fsp3) is 0.571. The lowest BCUT2D eigenvalue weighted by Gasteiger charge is -2.25. The summed E-state index contributed by atoms with van der Waals surface area (Å²) in [6.07, 6.45) is 0. The highest BCUT2D eigenvalue weighted by Gasteiger charge is 2.28. The summed E-state index contributed by atoms with van der Waals surface area (Å²) >= 11 is 1.65. The number of hydrogen-bond donors (Lipinski definition) is 3. The molecule has 1 heterocycles. The zero-order valence-corrected chi connectivity index (χ0v) is 13.1. The highest BCUT2D eigenvalue weighted by molar-refractivity contribution is 7.10. The fourth-order valence-corrected chi connectivity index (χ4v) is 2.34. The Bertz CT molecular complexity index is 467. The first-order valence-corrected chi connectivity index (χ1v) is 7.32. The minimum atomic E-state index is -0.972. The van der Waals surface area contributed by atoms with Crippen molar-refractivity contribution in [3.05, 3.63) is 22.4 Å². The Labute approximate surface area is 123 Å². The van der Waals surface area contributed by atoms with E-state index in [9.17, 15) is 9.59 Å². The number of carboxylic acids is 1. The van der Waals surface area contributed by atoms with Crippen LogP contribution < -0.4 is 10.6 Å². The molecule has 0 aliphatic rings. The number of aliphatic carboxylic acids is 1. The summed E-state index contributed by atoms with van der Waals surface area (Å²) in [5, 5.41) is 16.4. The lowest BCUT2D eigenvalue weighted by Crippen LogP contribution is -2.46. The topological polar surface area (TPSA) is 78.4 Å². The Hall–Kier alpha value is -1.56. The number of carbonyl (C=O) groups excluding carboxylic acids is 1. The third-order valence-electron chi connectivity index (χ3n) is 3.15. The van der Waals surface area contributed by atoms with Crippen LogP contribution >= 0.6 is 11.3 Å². The SMILES string of the molecule is CC(C)(CNC(=O)NCC(C)(C)c1cccs1)C(=O)O. The molecule has 0 unspecified atom stereocenters. The summed E-state index contributed by atoms with van der Waals surface area (Å²) < 4.78 is 0. The van der Waals surface area contributed by atoms with E-state index in [2.05, 4.69) is 24.5 Å². The third-order valence-corrected chi connectivity index (χ3v) is 4.38. The quantitative estimate of drug-likeness (QED) is 0.754. The van der Waals surface area contributed by atoms with Crippen LogP contribution in [-0.4, -0.2) is 30.2 Å². The van der Waals surface area contributed by atoms with E-state index in [4.69, 9.17) is 5.11 Å². The van der Waals surface area contributed by atoms with Crippen LogP contribution in [0.3, 0.4) is 0 Å². The van der Waals surface area contributed by atoms with Gasteiger partial charge in [-0.15, -0.1) is 11.3 Å². The summed E-state index contributed by atoms with van der Waals surface area (Å²) in [7, 11) is 0. The molecule has 1 aromatic heterocycles. The Morgan fingerprint density at radius 1 is 1.20 bits per heavy atom. The average molecular weight is 298 g/mol. The number of thiophene rings is 1. The second kappa shape index (κ2) is 6.26. The first-order valence-electron chi connectivity index (χ1n) is 6.44. The summed E-state index contributed by atoms with van der Waals surface area (Å²) in [6, 6.07) is 3.68. The molecule has 0 bridgehead atoms. The van der Waals surface area contributed by atoms with Gasteiger partial charge in [-0.25, -0.2) is 4.79 Å². The zero-order chi connectivity index (χ0) is 15.4. The largest absolute Gasteiger partial charge is 0.481 e. The smallest absolute Gasteiger partial charge is 0.314 e. The highest BCUT2D eigenvalue weighted by Crippen LogP contribution is 2.26. The molecule has 1 rings (SSSR count). The molecule has 3 N–H and O–H groups in total. The van der Waals surface area contributed by atoms with E-state index in [1.54, 1.807) is 25.2 Å². The van der Waals surface area contributed by atoms with E-state index in [1.165, 1.54) is 4.88 Å². The van der Waals surface area contributed by atoms with Crippen LogP contribution in [0.1, 0.15) is 32.6 Å². The first kappa shape index (κ1) is 16.5. The molecule has 0 saturated carbocycles. The van der Waals surface area contributed by atoms with Gasteiger partial charge in [0, 0.05) is 23.4 Å². The molecular formula is C14H22N2O3S. The fourth-order valence-electron chi connectivity index (χ4n) is 1.49.